The van der Waals surface area contributed by atoms with Gasteiger partial charge in [0.25, 0.3) is 5.56 Å². The van der Waals surface area contributed by atoms with Gasteiger partial charge in [0.05, 0.1) is 11.2 Å². The third kappa shape index (κ3) is 4.99. The van der Waals surface area contributed by atoms with E-state index in [2.05, 4.69) is 29.8 Å². The molecule has 0 amide bonds. The average Bonchev–Trinajstić information content (AvgIpc) is 2.84. The van der Waals surface area contributed by atoms with E-state index in [1.165, 1.54) is 16.7 Å². The zero-order chi connectivity index (χ0) is 25.3. The summed E-state index contributed by atoms with van der Waals surface area (Å²) in [6.07, 6.45) is 3.72. The summed E-state index contributed by atoms with van der Waals surface area (Å²) in [6, 6.07) is 12.8. The number of anilines is 2. The largest absolute Gasteiger partial charge is 0.369 e. The van der Waals surface area contributed by atoms with Gasteiger partial charge >= 0.3 is 0 Å². The fourth-order valence-electron chi connectivity index (χ4n) is 5.24. The second-order valence-electron chi connectivity index (χ2n) is 9.80. The van der Waals surface area contributed by atoms with Crippen LogP contribution in [0.1, 0.15) is 45.1 Å². The molecule has 0 radical (unpaired) electrons. The fourth-order valence-corrected chi connectivity index (χ4v) is 5.39. The van der Waals surface area contributed by atoms with Crippen LogP contribution in [0.3, 0.4) is 0 Å². The maximum Gasteiger partial charge on any atom is 0.270 e. The zero-order valence-electron chi connectivity index (χ0n) is 20.6. The van der Waals surface area contributed by atoms with Gasteiger partial charge in [-0.15, -0.1) is 0 Å². The van der Waals surface area contributed by atoms with Crippen LogP contribution in [0.2, 0.25) is 5.15 Å². The van der Waals surface area contributed by atoms with Crippen LogP contribution in [-0.2, 0) is 7.05 Å². The maximum absolute atomic E-state index is 13.5. The van der Waals surface area contributed by atoms with Crippen LogP contribution >= 0.6 is 11.6 Å². The van der Waals surface area contributed by atoms with Crippen LogP contribution in [-0.4, -0.2) is 35.2 Å². The van der Waals surface area contributed by atoms with Gasteiger partial charge in [0.1, 0.15) is 28.1 Å². The minimum absolute atomic E-state index is 0.0899. The Morgan fingerprint density at radius 3 is 2.37 bits per heavy atom. The number of benzene rings is 1. The lowest BCUT2D eigenvalue weighted by molar-refractivity contribution is 0.360. The molecular weight excluding hydrogens is 465 g/mol. The van der Waals surface area contributed by atoms with Crippen LogP contribution in [0, 0.1) is 23.1 Å². The molecular formula is C27H31ClFN5O. The van der Waals surface area contributed by atoms with Crippen molar-refractivity contribution in [2.24, 2.45) is 13.0 Å². The number of aromatic nitrogens is 2. The van der Waals surface area contributed by atoms with E-state index < -0.39 is 0 Å². The smallest absolute Gasteiger partial charge is 0.270 e. The number of fused-ring (bicyclic) bond motifs is 1. The lowest BCUT2D eigenvalue weighted by atomic mass is 9.88. The molecule has 1 aliphatic carbocycles. The number of hydrogen-bond acceptors (Lipinski definition) is 5. The number of nitriles is 1. The van der Waals surface area contributed by atoms with Crippen LogP contribution in [0.5, 0.6) is 0 Å². The molecule has 0 bridgehead atoms. The molecule has 184 valence electrons. The molecule has 0 saturated heterocycles. The molecule has 2 heterocycles. The Morgan fingerprint density at radius 2 is 1.77 bits per heavy atom. The fraction of sp³-hybridized carbons (Fsp3) is 0.444. The summed E-state index contributed by atoms with van der Waals surface area (Å²) < 4.78 is 15.0. The molecule has 1 saturated carbocycles. The third-order valence-electron chi connectivity index (χ3n) is 7.02. The van der Waals surface area contributed by atoms with Gasteiger partial charge in [-0.2, -0.15) is 5.26 Å². The van der Waals surface area contributed by atoms with Gasteiger partial charge in [-0.05, 0) is 68.0 Å². The molecule has 1 aromatic carbocycles. The first kappa shape index (κ1) is 25.0. The van der Waals surface area contributed by atoms with Crippen molar-refractivity contribution in [1.82, 2.24) is 9.55 Å². The van der Waals surface area contributed by atoms with Gasteiger partial charge in [-0.25, -0.2) is 9.37 Å². The Labute approximate surface area is 210 Å². The lowest BCUT2D eigenvalue weighted by Gasteiger charge is -2.42. The minimum Gasteiger partial charge on any atom is -0.369 e. The molecule has 6 nitrogen and oxygen atoms in total. The quantitative estimate of drug-likeness (QED) is 0.422. The number of aryl methyl sites for hydroxylation is 1. The van der Waals surface area contributed by atoms with Crippen molar-refractivity contribution in [3.8, 4) is 6.07 Å². The SMILES string of the molecule is CC(C)CN(c1ccc(F)cc1)C1CCC(N(C)c2c(C#N)c(=O)n(C)c3ccc(Cl)nc23)CC1. The summed E-state index contributed by atoms with van der Waals surface area (Å²) in [4.78, 5) is 21.9. The molecule has 1 fully saturated rings. The Hall–Kier alpha value is -3.11. The van der Waals surface area contributed by atoms with Crippen LogP contribution < -0.4 is 15.4 Å². The monoisotopic (exact) mass is 495 g/mol. The molecule has 0 atom stereocenters. The molecule has 4 rings (SSSR count). The summed E-state index contributed by atoms with van der Waals surface area (Å²) in [5, 5.41) is 10.2. The summed E-state index contributed by atoms with van der Waals surface area (Å²) in [5.74, 6) is 0.244. The van der Waals surface area contributed by atoms with Gasteiger partial charge in [0, 0.05) is 38.4 Å². The standard InChI is InChI=1S/C27H31ClFN5O/c1-17(2)16-34(20-7-5-18(29)6-8-20)21-11-9-19(10-12-21)32(3)26-22(15-30)27(35)33(4)23-13-14-24(28)31-25(23)26/h5-8,13-14,17,19,21H,9-12,16H2,1-4H3. The van der Waals surface area contributed by atoms with E-state index in [-0.39, 0.29) is 23.0 Å². The van der Waals surface area contributed by atoms with E-state index in [4.69, 9.17) is 11.6 Å². The molecule has 0 spiro atoms. The van der Waals surface area contributed by atoms with Gasteiger partial charge < -0.3 is 14.4 Å². The summed E-state index contributed by atoms with van der Waals surface area (Å²) in [6.45, 7) is 5.29. The highest BCUT2D eigenvalue weighted by Crippen LogP contribution is 2.35. The van der Waals surface area contributed by atoms with Gasteiger partial charge in [-0.1, -0.05) is 25.4 Å². The summed E-state index contributed by atoms with van der Waals surface area (Å²) in [7, 11) is 3.59. The highest BCUT2D eigenvalue weighted by molar-refractivity contribution is 6.29. The first-order chi connectivity index (χ1) is 16.7. The molecule has 35 heavy (non-hydrogen) atoms. The van der Waals surface area contributed by atoms with Crippen molar-refractivity contribution in [3.63, 3.8) is 0 Å². The topological polar surface area (TPSA) is 65.2 Å². The molecule has 1 aliphatic rings. The van der Waals surface area contributed by atoms with Crippen molar-refractivity contribution in [2.75, 3.05) is 23.4 Å². The molecule has 0 N–H and O–H groups in total. The lowest BCUT2D eigenvalue weighted by Crippen LogP contribution is -2.45. The Balaban J connectivity index is 1.62. The number of rotatable bonds is 6. The first-order valence-electron chi connectivity index (χ1n) is 12.1. The van der Waals surface area contributed by atoms with Crippen molar-refractivity contribution in [3.05, 3.63) is 63.3 Å². The Kier molecular flexibility index (Phi) is 7.32. The van der Waals surface area contributed by atoms with E-state index >= 15 is 0 Å². The van der Waals surface area contributed by atoms with Crippen molar-refractivity contribution in [1.29, 1.82) is 5.26 Å². The summed E-state index contributed by atoms with van der Waals surface area (Å²) >= 11 is 6.20. The Morgan fingerprint density at radius 1 is 1.14 bits per heavy atom. The van der Waals surface area contributed by atoms with Crippen molar-refractivity contribution in [2.45, 2.75) is 51.6 Å². The van der Waals surface area contributed by atoms with Crippen molar-refractivity contribution >= 4 is 34.0 Å². The molecule has 8 heteroatoms. The Bertz CT molecular complexity index is 1310. The molecule has 3 aromatic rings. The molecule has 0 unspecified atom stereocenters. The molecule has 0 aliphatic heterocycles. The number of hydrogen-bond donors (Lipinski definition) is 0. The predicted octanol–water partition coefficient (Wildman–Crippen LogP) is 5.51. The molecule has 2 aromatic heterocycles. The van der Waals surface area contributed by atoms with Gasteiger partial charge in [0.2, 0.25) is 0 Å². The zero-order valence-corrected chi connectivity index (χ0v) is 21.4. The predicted molar refractivity (Wildman–Crippen MR) is 140 cm³/mol. The second-order valence-corrected chi connectivity index (χ2v) is 10.2. The highest BCUT2D eigenvalue weighted by Gasteiger charge is 2.31. The normalized spacial score (nSPS) is 18.0. The number of nitrogens with zero attached hydrogens (tertiary/aromatic N) is 5. The summed E-state index contributed by atoms with van der Waals surface area (Å²) in [5.41, 5.74) is 2.56. The number of halogens is 2. The van der Waals surface area contributed by atoms with Crippen molar-refractivity contribution < 1.29 is 4.39 Å². The van der Waals surface area contributed by atoms with E-state index in [1.54, 1.807) is 19.2 Å². The second kappa shape index (κ2) is 10.2. The van der Waals surface area contributed by atoms with Crippen LogP contribution in [0.4, 0.5) is 15.8 Å². The van der Waals surface area contributed by atoms with E-state index in [0.717, 1.165) is 37.9 Å². The minimum atomic E-state index is -0.334. The van der Waals surface area contributed by atoms with Crippen LogP contribution in [0.15, 0.2) is 41.2 Å². The highest BCUT2D eigenvalue weighted by atomic mass is 35.5. The van der Waals surface area contributed by atoms with E-state index in [9.17, 15) is 14.4 Å². The van der Waals surface area contributed by atoms with Gasteiger partial charge in [0.15, 0.2) is 0 Å². The maximum atomic E-state index is 13.5. The third-order valence-corrected chi connectivity index (χ3v) is 7.23. The first-order valence-corrected chi connectivity index (χ1v) is 12.4. The van der Waals surface area contributed by atoms with Gasteiger partial charge in [-0.3, -0.25) is 4.79 Å². The van der Waals surface area contributed by atoms with E-state index in [1.807, 2.05) is 24.1 Å². The average molecular weight is 496 g/mol. The van der Waals surface area contributed by atoms with E-state index in [0.29, 0.717) is 33.8 Å². The number of pyridine rings is 2. The van der Waals surface area contributed by atoms with Crippen LogP contribution in [0.25, 0.3) is 11.0 Å².